The van der Waals surface area contributed by atoms with E-state index in [1.807, 2.05) is 30.3 Å². The smallest absolute Gasteiger partial charge is 0.343 e. The van der Waals surface area contributed by atoms with Crippen molar-refractivity contribution < 1.29 is 14.3 Å². The number of halogens is 1. The quantitative estimate of drug-likeness (QED) is 0.435. The van der Waals surface area contributed by atoms with Gasteiger partial charge in [0.2, 0.25) is 0 Å². The molecule has 2 aromatic heterocycles. The Hall–Kier alpha value is -3.91. The molecule has 0 radical (unpaired) electrons. The first-order chi connectivity index (χ1) is 15.0. The second kappa shape index (κ2) is 8.85. The van der Waals surface area contributed by atoms with Crippen molar-refractivity contribution in [1.29, 1.82) is 0 Å². The van der Waals surface area contributed by atoms with Gasteiger partial charge in [-0.05, 0) is 43.3 Å². The predicted molar refractivity (Wildman–Crippen MR) is 119 cm³/mol. The van der Waals surface area contributed by atoms with Crippen molar-refractivity contribution in [3.05, 3.63) is 77.4 Å². The van der Waals surface area contributed by atoms with E-state index in [-0.39, 0.29) is 18.0 Å². The molecule has 0 spiro atoms. The number of pyridine rings is 1. The molecule has 0 bridgehead atoms. The molecular weight excluding hydrogens is 418 g/mol. The number of hydrogen-bond acceptors (Lipinski definition) is 5. The highest BCUT2D eigenvalue weighted by Crippen LogP contribution is 2.23. The number of esters is 1. The Labute approximate surface area is 182 Å². The maximum Gasteiger partial charge on any atom is 0.343 e. The fourth-order valence-electron chi connectivity index (χ4n) is 3.01. The van der Waals surface area contributed by atoms with Crippen molar-refractivity contribution in [2.24, 2.45) is 0 Å². The molecule has 0 aliphatic rings. The maximum absolute atomic E-state index is 12.6. The van der Waals surface area contributed by atoms with Crippen LogP contribution in [0.15, 0.2) is 66.9 Å². The van der Waals surface area contributed by atoms with Gasteiger partial charge in [0, 0.05) is 16.1 Å². The molecule has 4 rings (SSSR count). The summed E-state index contributed by atoms with van der Waals surface area (Å²) in [6.07, 6.45) is 1.34. The van der Waals surface area contributed by atoms with Crippen molar-refractivity contribution in [3.8, 4) is 5.82 Å². The van der Waals surface area contributed by atoms with E-state index in [1.165, 1.54) is 10.9 Å². The molecule has 9 heteroatoms. The number of aromatic nitrogens is 3. The van der Waals surface area contributed by atoms with Crippen molar-refractivity contribution in [3.63, 3.8) is 0 Å². The van der Waals surface area contributed by atoms with E-state index in [2.05, 4.69) is 20.7 Å². The molecule has 0 aliphatic carbocycles. The summed E-state index contributed by atoms with van der Waals surface area (Å²) in [5.41, 5.74) is 1.36. The van der Waals surface area contributed by atoms with Crippen LogP contribution >= 0.6 is 11.6 Å². The molecule has 31 heavy (non-hydrogen) atoms. The number of nitrogens with one attached hydrogen (secondary N) is 2. The van der Waals surface area contributed by atoms with Gasteiger partial charge in [-0.2, -0.15) is 9.78 Å². The van der Waals surface area contributed by atoms with Crippen LogP contribution in [-0.4, -0.2) is 33.4 Å². The standard InChI is InChI=1S/C22H18ClN5O3/c1-2-31-21(29)17-13-24-28(19-11-10-14-6-3-4-9-18(14)26-19)20(17)27-22(30)25-16-8-5-7-15(23)12-16/h3-13H,2H2,1H3,(H2,25,27,30). The van der Waals surface area contributed by atoms with E-state index < -0.39 is 12.0 Å². The largest absolute Gasteiger partial charge is 0.462 e. The number of rotatable bonds is 5. The fraction of sp³-hybridized carbons (Fsp3) is 0.0909. The van der Waals surface area contributed by atoms with Crippen LogP contribution in [0.4, 0.5) is 16.3 Å². The van der Waals surface area contributed by atoms with E-state index in [9.17, 15) is 9.59 Å². The monoisotopic (exact) mass is 435 g/mol. The Bertz CT molecular complexity index is 1270. The molecule has 0 unspecified atom stereocenters. The van der Waals surface area contributed by atoms with Gasteiger partial charge in [0.1, 0.15) is 5.56 Å². The zero-order valence-electron chi connectivity index (χ0n) is 16.5. The number of carbonyl (C=O) groups excluding carboxylic acids is 2. The lowest BCUT2D eigenvalue weighted by Crippen LogP contribution is -2.23. The first-order valence-corrected chi connectivity index (χ1v) is 9.88. The second-order valence-electron chi connectivity index (χ2n) is 6.49. The van der Waals surface area contributed by atoms with E-state index in [0.717, 1.165) is 10.9 Å². The van der Waals surface area contributed by atoms with Crippen LogP contribution in [0.1, 0.15) is 17.3 Å². The summed E-state index contributed by atoms with van der Waals surface area (Å²) in [7, 11) is 0. The van der Waals surface area contributed by atoms with Gasteiger partial charge < -0.3 is 10.1 Å². The zero-order valence-corrected chi connectivity index (χ0v) is 17.3. The molecule has 156 valence electrons. The summed E-state index contributed by atoms with van der Waals surface area (Å²) < 4.78 is 6.49. The Balaban J connectivity index is 1.70. The molecule has 0 atom stereocenters. The topological polar surface area (TPSA) is 98.1 Å². The number of para-hydroxylation sites is 1. The number of nitrogens with zero attached hydrogens (tertiary/aromatic N) is 3. The third kappa shape index (κ3) is 4.49. The van der Waals surface area contributed by atoms with Crippen LogP contribution in [0.2, 0.25) is 5.02 Å². The van der Waals surface area contributed by atoms with Gasteiger partial charge in [-0.3, -0.25) is 5.32 Å². The van der Waals surface area contributed by atoms with Crippen molar-refractivity contribution in [2.45, 2.75) is 6.92 Å². The van der Waals surface area contributed by atoms with Crippen LogP contribution in [-0.2, 0) is 4.74 Å². The summed E-state index contributed by atoms with van der Waals surface area (Å²) in [5, 5.41) is 11.1. The SMILES string of the molecule is CCOC(=O)c1cnn(-c2ccc3ccccc3n2)c1NC(=O)Nc1cccc(Cl)c1. The minimum absolute atomic E-state index is 0.109. The van der Waals surface area contributed by atoms with E-state index in [4.69, 9.17) is 16.3 Å². The molecule has 0 saturated carbocycles. The normalized spacial score (nSPS) is 10.6. The van der Waals surface area contributed by atoms with E-state index >= 15 is 0 Å². The summed E-state index contributed by atoms with van der Waals surface area (Å²) in [4.78, 5) is 29.6. The highest BCUT2D eigenvalue weighted by molar-refractivity contribution is 6.30. The number of ether oxygens (including phenoxy) is 1. The predicted octanol–water partition coefficient (Wildman–Crippen LogP) is 4.89. The highest BCUT2D eigenvalue weighted by Gasteiger charge is 2.22. The number of anilines is 2. The Kier molecular flexibility index (Phi) is 5.81. The van der Waals surface area contributed by atoms with Gasteiger partial charge in [0.25, 0.3) is 0 Å². The van der Waals surface area contributed by atoms with Gasteiger partial charge in [-0.1, -0.05) is 35.9 Å². The molecule has 2 N–H and O–H groups in total. The first kappa shape index (κ1) is 20.4. The second-order valence-corrected chi connectivity index (χ2v) is 6.93. The number of urea groups is 1. The van der Waals surface area contributed by atoms with Crippen molar-refractivity contribution in [2.75, 3.05) is 17.2 Å². The molecule has 4 aromatic rings. The number of fused-ring (bicyclic) bond motifs is 1. The minimum Gasteiger partial charge on any atom is -0.462 e. The Morgan fingerprint density at radius 1 is 1.06 bits per heavy atom. The minimum atomic E-state index is -0.604. The first-order valence-electron chi connectivity index (χ1n) is 9.50. The van der Waals surface area contributed by atoms with Crippen LogP contribution in [0.25, 0.3) is 16.7 Å². The van der Waals surface area contributed by atoms with Gasteiger partial charge in [0.15, 0.2) is 11.6 Å². The number of hydrogen-bond donors (Lipinski definition) is 2. The summed E-state index contributed by atoms with van der Waals surface area (Å²) in [6.45, 7) is 1.89. The lowest BCUT2D eigenvalue weighted by atomic mass is 10.2. The third-order valence-corrected chi connectivity index (χ3v) is 4.61. The van der Waals surface area contributed by atoms with Crippen molar-refractivity contribution in [1.82, 2.24) is 14.8 Å². The van der Waals surface area contributed by atoms with E-state index in [1.54, 1.807) is 37.3 Å². The average Bonchev–Trinajstić information content (AvgIpc) is 3.17. The van der Waals surface area contributed by atoms with Crippen LogP contribution < -0.4 is 10.6 Å². The molecule has 2 aromatic carbocycles. The van der Waals surface area contributed by atoms with Gasteiger partial charge in [0.05, 0.1) is 18.3 Å². The Morgan fingerprint density at radius 2 is 1.90 bits per heavy atom. The average molecular weight is 436 g/mol. The highest BCUT2D eigenvalue weighted by atomic mass is 35.5. The van der Waals surface area contributed by atoms with Gasteiger partial charge >= 0.3 is 12.0 Å². The van der Waals surface area contributed by atoms with Gasteiger partial charge in [-0.15, -0.1) is 0 Å². The summed E-state index contributed by atoms with van der Waals surface area (Å²) >= 11 is 5.97. The zero-order chi connectivity index (χ0) is 21.8. The molecule has 0 aliphatic heterocycles. The lowest BCUT2D eigenvalue weighted by molar-refractivity contribution is 0.0527. The van der Waals surface area contributed by atoms with Crippen LogP contribution in [0.5, 0.6) is 0 Å². The molecule has 0 saturated heterocycles. The molecule has 2 amide bonds. The molecule has 0 fully saturated rings. The number of benzene rings is 2. The fourth-order valence-corrected chi connectivity index (χ4v) is 3.20. The van der Waals surface area contributed by atoms with Crippen molar-refractivity contribution >= 4 is 46.0 Å². The lowest BCUT2D eigenvalue weighted by Gasteiger charge is -2.12. The molecule has 8 nitrogen and oxygen atoms in total. The summed E-state index contributed by atoms with van der Waals surface area (Å²) in [6, 6.07) is 17.4. The maximum atomic E-state index is 12.6. The molecular formula is C22H18ClN5O3. The van der Waals surface area contributed by atoms with E-state index in [0.29, 0.717) is 16.5 Å². The van der Waals surface area contributed by atoms with Crippen LogP contribution in [0, 0.1) is 0 Å². The molecule has 2 heterocycles. The summed E-state index contributed by atoms with van der Waals surface area (Å²) in [5.74, 6) is -0.0272. The van der Waals surface area contributed by atoms with Crippen LogP contribution in [0.3, 0.4) is 0 Å². The van der Waals surface area contributed by atoms with Gasteiger partial charge in [-0.25, -0.2) is 14.6 Å². The third-order valence-electron chi connectivity index (χ3n) is 4.38. The number of carbonyl (C=O) groups is 2. The Morgan fingerprint density at radius 3 is 2.71 bits per heavy atom. The number of amides is 2.